The van der Waals surface area contributed by atoms with Gasteiger partial charge in [0.25, 0.3) is 0 Å². The normalized spacial score (nSPS) is 35.2. The zero-order chi connectivity index (χ0) is 11.7. The number of hydrogen-bond donors (Lipinski definition) is 0. The molecule has 0 N–H and O–H groups in total. The third-order valence-electron chi connectivity index (χ3n) is 4.81. The van der Waals surface area contributed by atoms with Crippen molar-refractivity contribution in [3.8, 4) is 0 Å². The highest BCUT2D eigenvalue weighted by Crippen LogP contribution is 2.48. The highest BCUT2D eigenvalue weighted by Gasteiger charge is 2.35. The van der Waals surface area contributed by atoms with Gasteiger partial charge >= 0.3 is 0 Å². The van der Waals surface area contributed by atoms with E-state index >= 15 is 0 Å². The highest BCUT2D eigenvalue weighted by atomic mass is 35.5. The molecule has 94 valence electrons. The van der Waals surface area contributed by atoms with Gasteiger partial charge < -0.3 is 0 Å². The van der Waals surface area contributed by atoms with Crippen molar-refractivity contribution in [1.82, 2.24) is 0 Å². The van der Waals surface area contributed by atoms with E-state index in [1.807, 2.05) is 11.3 Å². The van der Waals surface area contributed by atoms with Crippen molar-refractivity contribution in [3.05, 3.63) is 22.4 Å². The first kappa shape index (κ1) is 12.0. The summed E-state index contributed by atoms with van der Waals surface area (Å²) in [6, 6.07) is 4.33. The van der Waals surface area contributed by atoms with E-state index in [0.717, 1.165) is 17.8 Å². The Morgan fingerprint density at radius 1 is 1.12 bits per heavy atom. The molecule has 0 spiro atoms. The van der Waals surface area contributed by atoms with Crippen molar-refractivity contribution in [2.75, 3.05) is 0 Å². The van der Waals surface area contributed by atoms with Crippen LogP contribution in [0.25, 0.3) is 0 Å². The fraction of sp³-hybridized carbons (Fsp3) is 0.733. The van der Waals surface area contributed by atoms with E-state index < -0.39 is 0 Å². The molecule has 0 bridgehead atoms. The second-order valence-electron chi connectivity index (χ2n) is 5.79. The molecule has 3 rings (SSSR count). The topological polar surface area (TPSA) is 0 Å². The quantitative estimate of drug-likeness (QED) is 0.610. The number of thiophene rings is 1. The van der Waals surface area contributed by atoms with Crippen LogP contribution in [0.4, 0.5) is 0 Å². The summed E-state index contributed by atoms with van der Waals surface area (Å²) in [7, 11) is 0. The minimum Gasteiger partial charge on any atom is -0.147 e. The molecule has 1 heterocycles. The van der Waals surface area contributed by atoms with E-state index in [1.165, 1.54) is 49.8 Å². The lowest BCUT2D eigenvalue weighted by atomic mass is 9.67. The molecule has 0 radical (unpaired) electrons. The van der Waals surface area contributed by atoms with Crippen molar-refractivity contribution in [3.63, 3.8) is 0 Å². The van der Waals surface area contributed by atoms with Gasteiger partial charge in [0.15, 0.2) is 0 Å². The molecule has 0 aromatic carbocycles. The lowest BCUT2D eigenvalue weighted by molar-refractivity contribution is 0.128. The molecule has 1 aromatic rings. The molecule has 2 saturated carbocycles. The molecular weight excluding hydrogens is 248 g/mol. The van der Waals surface area contributed by atoms with Crippen LogP contribution in [-0.2, 0) is 0 Å². The highest BCUT2D eigenvalue weighted by molar-refractivity contribution is 7.10. The molecule has 2 aliphatic carbocycles. The number of rotatable bonds is 2. The van der Waals surface area contributed by atoms with Crippen LogP contribution >= 0.6 is 22.9 Å². The first-order valence-electron chi connectivity index (χ1n) is 7.02. The van der Waals surface area contributed by atoms with Gasteiger partial charge in [-0.3, -0.25) is 0 Å². The summed E-state index contributed by atoms with van der Waals surface area (Å²) >= 11 is 8.49. The van der Waals surface area contributed by atoms with Crippen LogP contribution in [0.3, 0.4) is 0 Å². The average Bonchev–Trinajstić information content (AvgIpc) is 2.91. The second-order valence-corrected chi connectivity index (χ2v) is 7.24. The predicted octanol–water partition coefficient (Wildman–Crippen LogP) is 5.63. The molecule has 4 atom stereocenters. The molecule has 0 aliphatic heterocycles. The third kappa shape index (κ3) is 2.56. The van der Waals surface area contributed by atoms with E-state index in [1.54, 1.807) is 0 Å². The Kier molecular flexibility index (Phi) is 3.77. The first-order chi connectivity index (χ1) is 8.34. The number of alkyl halides is 1. The van der Waals surface area contributed by atoms with Gasteiger partial charge in [-0.1, -0.05) is 31.7 Å². The third-order valence-corrected chi connectivity index (χ3v) is 6.49. The van der Waals surface area contributed by atoms with E-state index in [-0.39, 0.29) is 5.38 Å². The molecule has 1 aromatic heterocycles. The van der Waals surface area contributed by atoms with Gasteiger partial charge in [0.2, 0.25) is 0 Å². The van der Waals surface area contributed by atoms with Gasteiger partial charge in [-0.2, -0.15) is 0 Å². The number of halogens is 1. The molecule has 0 amide bonds. The number of hydrogen-bond acceptors (Lipinski definition) is 1. The van der Waals surface area contributed by atoms with Crippen molar-refractivity contribution in [2.24, 2.45) is 17.8 Å². The Balaban J connectivity index is 1.65. The van der Waals surface area contributed by atoms with Crippen molar-refractivity contribution in [2.45, 2.75) is 50.3 Å². The standard InChI is InChI=1S/C15H21ClS/c16-15(14-6-3-9-17-14)13-8-7-11-4-1-2-5-12(11)10-13/h3,6,9,11-13,15H,1-2,4-5,7-8,10H2. The van der Waals surface area contributed by atoms with Gasteiger partial charge in [0.05, 0.1) is 5.38 Å². The maximum absolute atomic E-state index is 6.67. The van der Waals surface area contributed by atoms with Crippen LogP contribution in [0, 0.1) is 17.8 Å². The predicted molar refractivity (Wildman–Crippen MR) is 75.7 cm³/mol. The zero-order valence-electron chi connectivity index (χ0n) is 10.3. The Labute approximate surface area is 113 Å². The number of fused-ring (bicyclic) bond motifs is 1. The monoisotopic (exact) mass is 268 g/mol. The summed E-state index contributed by atoms with van der Waals surface area (Å²) in [6.45, 7) is 0. The van der Waals surface area contributed by atoms with Crippen molar-refractivity contribution >= 4 is 22.9 Å². The lowest BCUT2D eigenvalue weighted by Gasteiger charge is -2.40. The van der Waals surface area contributed by atoms with Crippen LogP contribution in [0.1, 0.15) is 55.2 Å². The molecule has 2 aliphatic rings. The van der Waals surface area contributed by atoms with Crippen LogP contribution in [0.5, 0.6) is 0 Å². The van der Waals surface area contributed by atoms with E-state index in [9.17, 15) is 0 Å². The van der Waals surface area contributed by atoms with Crippen LogP contribution in [0.15, 0.2) is 17.5 Å². The van der Waals surface area contributed by atoms with Crippen molar-refractivity contribution < 1.29 is 0 Å². The van der Waals surface area contributed by atoms with E-state index in [4.69, 9.17) is 11.6 Å². The van der Waals surface area contributed by atoms with Crippen LogP contribution in [0.2, 0.25) is 0 Å². The van der Waals surface area contributed by atoms with Gasteiger partial charge in [-0.05, 0) is 48.5 Å². The van der Waals surface area contributed by atoms with Gasteiger partial charge in [0.1, 0.15) is 0 Å². The minimum absolute atomic E-state index is 0.276. The summed E-state index contributed by atoms with van der Waals surface area (Å²) in [5.74, 6) is 2.76. The maximum atomic E-state index is 6.67. The zero-order valence-corrected chi connectivity index (χ0v) is 11.8. The molecular formula is C15H21ClS. The molecule has 2 fully saturated rings. The van der Waals surface area contributed by atoms with E-state index in [2.05, 4.69) is 17.5 Å². The summed E-state index contributed by atoms with van der Waals surface area (Å²) < 4.78 is 0. The van der Waals surface area contributed by atoms with Crippen molar-refractivity contribution in [1.29, 1.82) is 0 Å². The fourth-order valence-electron chi connectivity index (χ4n) is 3.86. The van der Waals surface area contributed by atoms with Gasteiger partial charge in [0, 0.05) is 4.88 Å². The van der Waals surface area contributed by atoms with Gasteiger partial charge in [-0.25, -0.2) is 0 Å². The van der Waals surface area contributed by atoms with Crippen LogP contribution < -0.4 is 0 Å². The minimum atomic E-state index is 0.276. The smallest absolute Gasteiger partial charge is 0.0706 e. The average molecular weight is 269 g/mol. The maximum Gasteiger partial charge on any atom is 0.0706 e. The molecule has 0 nitrogen and oxygen atoms in total. The summed E-state index contributed by atoms with van der Waals surface area (Å²) in [4.78, 5) is 1.38. The Morgan fingerprint density at radius 2 is 1.94 bits per heavy atom. The SMILES string of the molecule is ClC(c1cccs1)C1CCC2CCCCC2C1. The lowest BCUT2D eigenvalue weighted by Crippen LogP contribution is -2.29. The van der Waals surface area contributed by atoms with Gasteiger partial charge in [-0.15, -0.1) is 22.9 Å². The van der Waals surface area contributed by atoms with Crippen LogP contribution in [-0.4, -0.2) is 0 Å². The molecule has 2 heteroatoms. The van der Waals surface area contributed by atoms with E-state index in [0.29, 0.717) is 0 Å². The second kappa shape index (κ2) is 5.32. The Hall–Kier alpha value is -0.0100. The fourth-order valence-corrected chi connectivity index (χ4v) is 5.11. The molecule has 17 heavy (non-hydrogen) atoms. The summed E-state index contributed by atoms with van der Waals surface area (Å²) in [5, 5.41) is 2.43. The molecule has 4 unspecified atom stereocenters. The first-order valence-corrected chi connectivity index (χ1v) is 8.33. The largest absolute Gasteiger partial charge is 0.147 e. The molecule has 0 saturated heterocycles. The summed E-state index contributed by atoms with van der Waals surface area (Å²) in [6.07, 6.45) is 10.1. The Bertz CT molecular complexity index is 346. The Morgan fingerprint density at radius 3 is 2.71 bits per heavy atom. The summed E-state index contributed by atoms with van der Waals surface area (Å²) in [5.41, 5.74) is 0.